The lowest BCUT2D eigenvalue weighted by Gasteiger charge is -2.21. The molecule has 0 radical (unpaired) electrons. The number of nitrogens with zero attached hydrogens (tertiary/aromatic N) is 1. The van der Waals surface area contributed by atoms with E-state index in [1.807, 2.05) is 49.4 Å². The molecule has 1 unspecified atom stereocenters. The van der Waals surface area contributed by atoms with Crippen LogP contribution in [0.15, 0.2) is 46.9 Å². The second kappa shape index (κ2) is 10.3. The molecule has 1 saturated heterocycles. The molecule has 1 aromatic carbocycles. The summed E-state index contributed by atoms with van der Waals surface area (Å²) in [6.07, 6.45) is 7.98. The number of ether oxygens (including phenoxy) is 3. The van der Waals surface area contributed by atoms with Crippen LogP contribution in [0, 0.1) is 6.92 Å². The molecule has 1 aromatic heterocycles. The van der Waals surface area contributed by atoms with Gasteiger partial charge in [0.15, 0.2) is 6.29 Å². The molecule has 0 saturated carbocycles. The van der Waals surface area contributed by atoms with Gasteiger partial charge in [0.1, 0.15) is 5.76 Å². The Labute approximate surface area is 155 Å². The number of aryl methyl sites for hydroxylation is 1. The summed E-state index contributed by atoms with van der Waals surface area (Å²) in [5.74, 6) is 1.52. The number of benzene rings is 1. The molecular formula is C21H27NO4. The normalized spacial score (nSPS) is 17.8. The second-order valence-electron chi connectivity index (χ2n) is 6.31. The van der Waals surface area contributed by atoms with Crippen molar-refractivity contribution in [2.75, 3.05) is 26.4 Å². The van der Waals surface area contributed by atoms with Crippen molar-refractivity contribution in [2.45, 2.75) is 38.9 Å². The van der Waals surface area contributed by atoms with Gasteiger partial charge in [0.25, 0.3) is 0 Å². The van der Waals surface area contributed by atoms with Crippen LogP contribution in [0.4, 0.5) is 0 Å². The van der Waals surface area contributed by atoms with Gasteiger partial charge >= 0.3 is 0 Å². The summed E-state index contributed by atoms with van der Waals surface area (Å²) in [6, 6.07) is 9.94. The molecule has 3 rings (SSSR count). The van der Waals surface area contributed by atoms with Crippen LogP contribution in [0.3, 0.4) is 0 Å². The van der Waals surface area contributed by atoms with Gasteiger partial charge in [-0.25, -0.2) is 4.98 Å². The first-order valence-electron chi connectivity index (χ1n) is 9.30. The topological polar surface area (TPSA) is 53.7 Å². The van der Waals surface area contributed by atoms with Gasteiger partial charge in [0.05, 0.1) is 25.5 Å². The van der Waals surface area contributed by atoms with E-state index in [-0.39, 0.29) is 6.29 Å². The van der Waals surface area contributed by atoms with Crippen molar-refractivity contribution >= 4 is 0 Å². The van der Waals surface area contributed by atoms with Crippen molar-refractivity contribution in [3.8, 4) is 11.5 Å². The third-order valence-corrected chi connectivity index (χ3v) is 4.29. The van der Waals surface area contributed by atoms with E-state index >= 15 is 0 Å². The Morgan fingerprint density at radius 2 is 2.00 bits per heavy atom. The Bertz CT molecular complexity index is 675. The van der Waals surface area contributed by atoms with Crippen molar-refractivity contribution < 1.29 is 18.6 Å². The number of hydrogen-bond donors (Lipinski definition) is 0. The first kappa shape index (κ1) is 18.8. The largest absolute Gasteiger partial charge is 0.441 e. The molecule has 5 heteroatoms. The molecule has 0 aliphatic carbocycles. The number of aromatic nitrogens is 1. The monoisotopic (exact) mass is 357 g/mol. The molecule has 5 nitrogen and oxygen atoms in total. The van der Waals surface area contributed by atoms with Gasteiger partial charge in [-0.1, -0.05) is 30.4 Å². The van der Waals surface area contributed by atoms with E-state index in [1.54, 1.807) is 0 Å². The number of oxazole rings is 1. The minimum absolute atomic E-state index is 0.0386. The Morgan fingerprint density at radius 3 is 2.81 bits per heavy atom. The Morgan fingerprint density at radius 1 is 1.15 bits per heavy atom. The van der Waals surface area contributed by atoms with E-state index in [0.717, 1.165) is 42.9 Å². The van der Waals surface area contributed by atoms with Crippen LogP contribution in [-0.2, 0) is 20.6 Å². The molecular weight excluding hydrogens is 330 g/mol. The van der Waals surface area contributed by atoms with Gasteiger partial charge in [0.2, 0.25) is 5.89 Å². The SMILES string of the molecule is Cc1oc(-c2ccccc2)nc1CCOC/C=C/COC1CCCCO1. The van der Waals surface area contributed by atoms with E-state index < -0.39 is 0 Å². The maximum Gasteiger partial charge on any atom is 0.226 e. The molecule has 2 heterocycles. The Hall–Kier alpha value is -1.95. The lowest BCUT2D eigenvalue weighted by atomic mass is 10.2. The zero-order valence-corrected chi connectivity index (χ0v) is 15.4. The van der Waals surface area contributed by atoms with Crippen LogP contribution in [0.1, 0.15) is 30.7 Å². The highest BCUT2D eigenvalue weighted by Gasteiger charge is 2.13. The van der Waals surface area contributed by atoms with Crippen LogP contribution in [0.5, 0.6) is 0 Å². The fraction of sp³-hybridized carbons (Fsp3) is 0.476. The van der Waals surface area contributed by atoms with Gasteiger partial charge in [-0.15, -0.1) is 0 Å². The lowest BCUT2D eigenvalue weighted by Crippen LogP contribution is -2.22. The smallest absolute Gasteiger partial charge is 0.226 e. The van der Waals surface area contributed by atoms with E-state index in [4.69, 9.17) is 18.6 Å². The van der Waals surface area contributed by atoms with Crippen molar-refractivity contribution in [3.63, 3.8) is 0 Å². The van der Waals surface area contributed by atoms with E-state index in [9.17, 15) is 0 Å². The Balaban J connectivity index is 1.32. The average Bonchev–Trinajstić information content (AvgIpc) is 3.06. The maximum absolute atomic E-state index is 5.76. The van der Waals surface area contributed by atoms with Crippen molar-refractivity contribution in [3.05, 3.63) is 53.9 Å². The highest BCUT2D eigenvalue weighted by molar-refractivity contribution is 5.53. The summed E-state index contributed by atoms with van der Waals surface area (Å²) in [5, 5.41) is 0. The number of rotatable bonds is 9. The first-order chi connectivity index (χ1) is 12.8. The third kappa shape index (κ3) is 5.80. The standard InChI is InChI=1S/C21H27NO4/c1-17-19(22-21(26-17)18-9-3-2-4-10-18)12-16-23-13-7-8-15-25-20-11-5-6-14-24-20/h2-4,7-10,20H,5-6,11-16H2,1H3/b8-7+. The molecule has 140 valence electrons. The molecule has 1 aliphatic rings. The zero-order valence-electron chi connectivity index (χ0n) is 15.4. The highest BCUT2D eigenvalue weighted by atomic mass is 16.7. The predicted molar refractivity (Wildman–Crippen MR) is 99.9 cm³/mol. The maximum atomic E-state index is 5.76. The van der Waals surface area contributed by atoms with E-state index in [2.05, 4.69) is 4.98 Å². The third-order valence-electron chi connectivity index (χ3n) is 4.29. The van der Waals surface area contributed by atoms with Gasteiger partial charge in [-0.3, -0.25) is 0 Å². The molecule has 2 aromatic rings. The highest BCUT2D eigenvalue weighted by Crippen LogP contribution is 2.21. The number of hydrogen-bond acceptors (Lipinski definition) is 5. The molecule has 0 spiro atoms. The van der Waals surface area contributed by atoms with Gasteiger partial charge in [-0.05, 0) is 38.3 Å². The minimum atomic E-state index is -0.0386. The predicted octanol–water partition coefficient (Wildman–Crippen LogP) is 4.31. The summed E-state index contributed by atoms with van der Waals surface area (Å²) >= 11 is 0. The van der Waals surface area contributed by atoms with Crippen LogP contribution >= 0.6 is 0 Å². The summed E-state index contributed by atoms with van der Waals surface area (Å²) in [6.45, 7) is 4.50. The van der Waals surface area contributed by atoms with Crippen LogP contribution in [0.25, 0.3) is 11.5 Å². The van der Waals surface area contributed by atoms with Crippen molar-refractivity contribution in [1.29, 1.82) is 0 Å². The van der Waals surface area contributed by atoms with Gasteiger partial charge in [-0.2, -0.15) is 0 Å². The Kier molecular flexibility index (Phi) is 7.43. The second-order valence-corrected chi connectivity index (χ2v) is 6.31. The van der Waals surface area contributed by atoms with Gasteiger partial charge in [0, 0.05) is 18.6 Å². The van der Waals surface area contributed by atoms with E-state index in [1.165, 1.54) is 6.42 Å². The minimum Gasteiger partial charge on any atom is -0.441 e. The molecule has 0 bridgehead atoms. The van der Waals surface area contributed by atoms with Crippen molar-refractivity contribution in [1.82, 2.24) is 4.98 Å². The summed E-state index contributed by atoms with van der Waals surface area (Å²) < 4.78 is 22.6. The van der Waals surface area contributed by atoms with Crippen molar-refractivity contribution in [2.24, 2.45) is 0 Å². The van der Waals surface area contributed by atoms with Crippen LogP contribution in [-0.4, -0.2) is 37.7 Å². The van der Waals surface area contributed by atoms with Crippen LogP contribution < -0.4 is 0 Å². The van der Waals surface area contributed by atoms with Gasteiger partial charge < -0.3 is 18.6 Å². The summed E-state index contributed by atoms with van der Waals surface area (Å²) in [5.41, 5.74) is 1.94. The summed E-state index contributed by atoms with van der Waals surface area (Å²) in [7, 11) is 0. The summed E-state index contributed by atoms with van der Waals surface area (Å²) in [4.78, 5) is 4.58. The molecule has 0 N–H and O–H groups in total. The molecule has 1 aliphatic heterocycles. The zero-order chi connectivity index (χ0) is 18.0. The fourth-order valence-electron chi connectivity index (χ4n) is 2.83. The van der Waals surface area contributed by atoms with Crippen LogP contribution in [0.2, 0.25) is 0 Å². The molecule has 26 heavy (non-hydrogen) atoms. The quantitative estimate of drug-likeness (QED) is 0.494. The molecule has 0 amide bonds. The average molecular weight is 357 g/mol. The lowest BCUT2D eigenvalue weighted by molar-refractivity contribution is -0.155. The first-order valence-corrected chi connectivity index (χ1v) is 9.30. The molecule has 1 atom stereocenters. The van der Waals surface area contributed by atoms with E-state index in [0.29, 0.717) is 25.7 Å². The molecule has 1 fully saturated rings. The fourth-order valence-corrected chi connectivity index (χ4v) is 2.83.